The molecule has 0 unspecified atom stereocenters. The van der Waals surface area contributed by atoms with E-state index >= 15 is 0 Å². The highest BCUT2D eigenvalue weighted by Crippen LogP contribution is 2.41. The second kappa shape index (κ2) is 11.6. The number of ether oxygens (including phenoxy) is 3. The summed E-state index contributed by atoms with van der Waals surface area (Å²) in [6, 6.07) is 12.7. The summed E-state index contributed by atoms with van der Waals surface area (Å²) in [4.78, 5) is 39.7. The summed E-state index contributed by atoms with van der Waals surface area (Å²) in [7, 11) is 1.26. The standard InChI is InChI=1S/C27H30FNO6/c1-5-34-26(31)25-21(14-24(30)33-4)22(18(3)20-11-12-23(28)17(2)13-20)15-29(25)27(32)35-16-19-9-7-6-8-10-19/h6-13,21-22,25H,3,5,14-16H2,1-2,4H3/t21-,22+,25-/m0/s1. The van der Waals surface area contributed by atoms with Gasteiger partial charge in [-0.2, -0.15) is 0 Å². The van der Waals surface area contributed by atoms with E-state index in [0.717, 1.165) is 5.56 Å². The van der Waals surface area contributed by atoms with Gasteiger partial charge in [-0.3, -0.25) is 9.69 Å². The zero-order chi connectivity index (χ0) is 25.5. The van der Waals surface area contributed by atoms with Crippen LogP contribution in [0.1, 0.15) is 30.0 Å². The molecule has 0 aliphatic carbocycles. The van der Waals surface area contributed by atoms with E-state index in [9.17, 15) is 18.8 Å². The van der Waals surface area contributed by atoms with Crippen LogP contribution in [0.4, 0.5) is 9.18 Å². The largest absolute Gasteiger partial charge is 0.469 e. The summed E-state index contributed by atoms with van der Waals surface area (Å²) in [5.74, 6) is -2.67. The maximum absolute atomic E-state index is 13.9. The van der Waals surface area contributed by atoms with Gasteiger partial charge in [0.2, 0.25) is 0 Å². The topological polar surface area (TPSA) is 82.1 Å². The predicted octanol–water partition coefficient (Wildman–Crippen LogP) is 4.53. The second-order valence-electron chi connectivity index (χ2n) is 8.43. The van der Waals surface area contributed by atoms with Crippen LogP contribution in [0.5, 0.6) is 0 Å². The molecule has 0 aromatic heterocycles. The molecule has 3 atom stereocenters. The molecule has 3 rings (SSSR count). The van der Waals surface area contributed by atoms with Crippen LogP contribution >= 0.6 is 0 Å². The number of aryl methyl sites for hydroxylation is 1. The Bertz CT molecular complexity index is 1090. The van der Waals surface area contributed by atoms with Crippen molar-refractivity contribution in [2.24, 2.45) is 11.8 Å². The zero-order valence-electron chi connectivity index (χ0n) is 20.2. The third-order valence-corrected chi connectivity index (χ3v) is 6.23. The Kier molecular flexibility index (Phi) is 8.63. The van der Waals surface area contributed by atoms with Crippen LogP contribution in [0, 0.1) is 24.6 Å². The number of benzene rings is 2. The minimum absolute atomic E-state index is 0.0240. The summed E-state index contributed by atoms with van der Waals surface area (Å²) < 4.78 is 29.5. The monoisotopic (exact) mass is 483 g/mol. The number of hydrogen-bond acceptors (Lipinski definition) is 6. The van der Waals surface area contributed by atoms with E-state index in [2.05, 4.69) is 6.58 Å². The summed E-state index contributed by atoms with van der Waals surface area (Å²) in [5, 5.41) is 0. The average Bonchev–Trinajstić information content (AvgIpc) is 3.23. The van der Waals surface area contributed by atoms with E-state index in [-0.39, 0.29) is 32.0 Å². The van der Waals surface area contributed by atoms with Crippen molar-refractivity contribution in [1.82, 2.24) is 4.90 Å². The Morgan fingerprint density at radius 2 is 1.83 bits per heavy atom. The SMILES string of the molecule is C=C(c1ccc(F)c(C)c1)[C@H]1CN(C(=O)OCc2ccccc2)[C@H](C(=O)OCC)[C@H]1CC(=O)OC. The van der Waals surface area contributed by atoms with E-state index < -0.39 is 35.9 Å². The average molecular weight is 484 g/mol. The molecule has 0 spiro atoms. The summed E-state index contributed by atoms with van der Waals surface area (Å²) in [6.45, 7) is 7.70. The van der Waals surface area contributed by atoms with Gasteiger partial charge in [0.05, 0.1) is 20.1 Å². The van der Waals surface area contributed by atoms with E-state index in [1.54, 1.807) is 26.0 Å². The summed E-state index contributed by atoms with van der Waals surface area (Å²) in [6.07, 6.45) is -0.834. The van der Waals surface area contributed by atoms with E-state index in [4.69, 9.17) is 14.2 Å². The lowest BCUT2D eigenvalue weighted by molar-refractivity contribution is -0.150. The van der Waals surface area contributed by atoms with Gasteiger partial charge in [0, 0.05) is 18.4 Å². The molecule has 7 nitrogen and oxygen atoms in total. The lowest BCUT2D eigenvalue weighted by atomic mass is 9.80. The van der Waals surface area contributed by atoms with Crippen LogP contribution in [-0.4, -0.2) is 49.2 Å². The molecule has 1 heterocycles. The van der Waals surface area contributed by atoms with E-state index in [0.29, 0.717) is 16.7 Å². The van der Waals surface area contributed by atoms with Gasteiger partial charge in [-0.05, 0) is 48.2 Å². The van der Waals surface area contributed by atoms with E-state index in [1.807, 2.05) is 30.3 Å². The van der Waals surface area contributed by atoms with Gasteiger partial charge < -0.3 is 14.2 Å². The Labute approximate surface area is 204 Å². The number of methoxy groups -OCH3 is 1. The Balaban J connectivity index is 1.93. The predicted molar refractivity (Wildman–Crippen MR) is 128 cm³/mol. The summed E-state index contributed by atoms with van der Waals surface area (Å²) >= 11 is 0. The van der Waals surface area contributed by atoms with Gasteiger partial charge in [-0.1, -0.05) is 43.0 Å². The third-order valence-electron chi connectivity index (χ3n) is 6.23. The molecule has 1 amide bonds. The first-order valence-corrected chi connectivity index (χ1v) is 11.4. The number of likely N-dealkylation sites (tertiary alicyclic amines) is 1. The number of halogens is 1. The number of amides is 1. The van der Waals surface area contributed by atoms with Crippen molar-refractivity contribution in [2.45, 2.75) is 32.9 Å². The molecule has 1 saturated heterocycles. The highest BCUT2D eigenvalue weighted by Gasteiger charge is 2.51. The van der Waals surface area contributed by atoms with Crippen LogP contribution in [0.3, 0.4) is 0 Å². The number of rotatable bonds is 8. The quantitative estimate of drug-likeness (QED) is 0.405. The lowest BCUT2D eigenvalue weighted by Gasteiger charge is -2.26. The normalized spacial score (nSPS) is 19.2. The fraction of sp³-hybridized carbons (Fsp3) is 0.370. The maximum Gasteiger partial charge on any atom is 0.410 e. The van der Waals surface area contributed by atoms with Crippen molar-refractivity contribution in [1.29, 1.82) is 0 Å². The first kappa shape index (κ1) is 25.9. The van der Waals surface area contributed by atoms with Crippen LogP contribution in [-0.2, 0) is 30.4 Å². The first-order valence-electron chi connectivity index (χ1n) is 11.4. The molecule has 1 fully saturated rings. The van der Waals surface area contributed by atoms with Gasteiger partial charge >= 0.3 is 18.0 Å². The Morgan fingerprint density at radius 3 is 2.46 bits per heavy atom. The highest BCUT2D eigenvalue weighted by atomic mass is 19.1. The van der Waals surface area contributed by atoms with Crippen LogP contribution in [0.25, 0.3) is 5.57 Å². The molecule has 2 aromatic rings. The zero-order valence-corrected chi connectivity index (χ0v) is 20.2. The third kappa shape index (κ3) is 6.07. The molecule has 1 aliphatic rings. The molecule has 0 radical (unpaired) electrons. The minimum atomic E-state index is -1.07. The number of carbonyl (C=O) groups is 3. The second-order valence-corrected chi connectivity index (χ2v) is 8.43. The van der Waals surface area contributed by atoms with Gasteiger partial charge in [0.25, 0.3) is 0 Å². The molecule has 35 heavy (non-hydrogen) atoms. The number of nitrogens with zero attached hydrogens (tertiary/aromatic N) is 1. The maximum atomic E-state index is 13.9. The van der Waals surface area contributed by atoms with Crippen molar-refractivity contribution in [3.05, 3.63) is 77.6 Å². The molecule has 2 aromatic carbocycles. The van der Waals surface area contributed by atoms with Crippen molar-refractivity contribution >= 4 is 23.6 Å². The Morgan fingerprint density at radius 1 is 1.11 bits per heavy atom. The molecular weight excluding hydrogens is 453 g/mol. The minimum Gasteiger partial charge on any atom is -0.469 e. The molecule has 0 saturated carbocycles. The van der Waals surface area contributed by atoms with Gasteiger partial charge in [0.15, 0.2) is 0 Å². The van der Waals surface area contributed by atoms with Gasteiger partial charge in [0.1, 0.15) is 18.5 Å². The van der Waals surface area contributed by atoms with E-state index in [1.165, 1.54) is 18.1 Å². The molecule has 8 heteroatoms. The molecule has 1 aliphatic heterocycles. The Hall–Kier alpha value is -3.68. The van der Waals surface area contributed by atoms with Crippen molar-refractivity contribution in [3.63, 3.8) is 0 Å². The van der Waals surface area contributed by atoms with Crippen LogP contribution in [0.15, 0.2) is 55.1 Å². The smallest absolute Gasteiger partial charge is 0.410 e. The van der Waals surface area contributed by atoms with Crippen molar-refractivity contribution in [3.8, 4) is 0 Å². The van der Waals surface area contributed by atoms with Crippen molar-refractivity contribution < 1.29 is 33.0 Å². The number of hydrogen-bond donors (Lipinski definition) is 0. The molecule has 186 valence electrons. The number of carbonyl (C=O) groups excluding carboxylic acids is 3. The molecule has 0 N–H and O–H groups in total. The van der Waals surface area contributed by atoms with Gasteiger partial charge in [-0.25, -0.2) is 14.0 Å². The van der Waals surface area contributed by atoms with Crippen molar-refractivity contribution in [2.75, 3.05) is 20.3 Å². The fourth-order valence-electron chi connectivity index (χ4n) is 4.39. The van der Waals surface area contributed by atoms with Crippen LogP contribution in [0.2, 0.25) is 0 Å². The fourth-order valence-corrected chi connectivity index (χ4v) is 4.39. The number of esters is 2. The van der Waals surface area contributed by atoms with Crippen LogP contribution < -0.4 is 0 Å². The molecular formula is C27H30FNO6. The lowest BCUT2D eigenvalue weighted by Crippen LogP contribution is -2.45. The first-order chi connectivity index (χ1) is 16.8. The van der Waals surface area contributed by atoms with Gasteiger partial charge in [-0.15, -0.1) is 0 Å². The highest BCUT2D eigenvalue weighted by molar-refractivity contribution is 5.85. The summed E-state index contributed by atoms with van der Waals surface area (Å²) in [5.41, 5.74) is 2.47. The molecule has 0 bridgehead atoms.